The molecule has 0 aliphatic carbocycles. The quantitative estimate of drug-likeness (QED) is 0.154. The van der Waals surface area contributed by atoms with Crippen molar-refractivity contribution in [3.8, 4) is 11.1 Å². The minimum Gasteiger partial charge on any atom is -0.540 e. The third-order valence-electron chi connectivity index (χ3n) is 9.21. The van der Waals surface area contributed by atoms with Crippen molar-refractivity contribution in [3.63, 3.8) is 0 Å². The molecule has 1 unspecified atom stereocenters. The Morgan fingerprint density at radius 3 is 1.88 bits per heavy atom. The first kappa shape index (κ1) is 31.4. The van der Waals surface area contributed by atoms with Gasteiger partial charge in [0.05, 0.1) is 11.5 Å². The molecule has 2 N–H and O–H groups in total. The molecule has 0 amide bonds. The second kappa shape index (κ2) is 13.5. The lowest BCUT2D eigenvalue weighted by Crippen LogP contribution is -2.56. The number of aromatic nitrogens is 2. The molecular weight excluding hydrogens is 617 g/mol. The summed E-state index contributed by atoms with van der Waals surface area (Å²) in [4.78, 5) is 27.6. The maximum atomic E-state index is 13.0. The van der Waals surface area contributed by atoms with Crippen LogP contribution in [0.25, 0.3) is 11.1 Å². The molecule has 6 aromatic rings. The van der Waals surface area contributed by atoms with Crippen LogP contribution in [-0.4, -0.2) is 41.6 Å². The fourth-order valence-electron chi connectivity index (χ4n) is 6.94. The van der Waals surface area contributed by atoms with Crippen LogP contribution in [0, 0.1) is 6.92 Å². The molecule has 0 bridgehead atoms. The summed E-state index contributed by atoms with van der Waals surface area (Å²) in [5.74, 6) is 0. The molecule has 0 radical (unpaired) electrons. The predicted octanol–water partition coefficient (Wildman–Crippen LogP) is 5.72. The van der Waals surface area contributed by atoms with E-state index in [1.165, 1.54) is 10.8 Å². The average Bonchev–Trinajstić information content (AvgIpc) is 3.52. The number of aliphatic hydroxyl groups excluding tert-OH is 1. The standard InChI is InChI=1S/C40H36N2O5Si/c1-28-26-42(39(45)41-38(28)44)35-25-34(43)36(46-35)37(47-48-24-14-17-30(27-48)29-15-6-2-7-16-29)40(31-18-8-3-9-19-31,32-20-10-4-11-21-32)33-22-12-5-13-23-33/h2-24,26-27,34-37,43H,25H2,1H3,(H,41,44,45)/t34-,35+,36-,37?/m0/s1. The third kappa shape index (κ3) is 5.90. The molecule has 2 aromatic heterocycles. The molecule has 4 atom stereocenters. The van der Waals surface area contributed by atoms with Crippen molar-refractivity contribution in [2.45, 2.75) is 43.3 Å². The lowest BCUT2D eigenvalue weighted by Gasteiger charge is -2.45. The van der Waals surface area contributed by atoms with E-state index in [1.54, 1.807) is 6.92 Å². The lowest BCUT2D eigenvalue weighted by atomic mass is 9.64. The SMILES string of the molecule is Cc1cn([C@H]2C[C@H](O)[C@@H](C(O[si]3cccc(-c4ccccc4)c3)C(c3ccccc3)(c3ccccc3)c3ccccc3)O2)c(=O)[nH]c1=O. The smallest absolute Gasteiger partial charge is 0.330 e. The van der Waals surface area contributed by atoms with Crippen molar-refractivity contribution in [1.29, 1.82) is 0 Å². The number of aliphatic hydroxyl groups is 1. The summed E-state index contributed by atoms with van der Waals surface area (Å²) in [6, 6.07) is 45.0. The van der Waals surface area contributed by atoms with Gasteiger partial charge in [-0.05, 0) is 46.1 Å². The first-order valence-corrected chi connectivity index (χ1v) is 17.7. The largest absolute Gasteiger partial charge is 0.540 e. The molecule has 1 saturated heterocycles. The first-order chi connectivity index (χ1) is 23.4. The van der Waals surface area contributed by atoms with E-state index in [1.807, 2.05) is 78.9 Å². The molecular formula is C40H36N2O5Si. The summed E-state index contributed by atoms with van der Waals surface area (Å²) in [6.07, 6.45) is -1.79. The van der Waals surface area contributed by atoms with Gasteiger partial charge in [-0.2, -0.15) is 0 Å². The number of nitrogens with one attached hydrogen (secondary N) is 1. The average molecular weight is 653 g/mol. The summed E-state index contributed by atoms with van der Waals surface area (Å²) >= 11 is 0. The number of aryl methyl sites for hydroxylation is 1. The Kier molecular flexibility index (Phi) is 8.86. The molecule has 240 valence electrons. The fraction of sp³-hybridized carbons (Fsp3) is 0.175. The summed E-state index contributed by atoms with van der Waals surface area (Å²) < 4.78 is 15.5. The normalized spacial score (nSPS) is 18.3. The minimum absolute atomic E-state index is 0.140. The van der Waals surface area contributed by atoms with Gasteiger partial charge < -0.3 is 14.3 Å². The maximum Gasteiger partial charge on any atom is 0.330 e. The van der Waals surface area contributed by atoms with Gasteiger partial charge in [-0.1, -0.05) is 133 Å². The monoisotopic (exact) mass is 652 g/mol. The molecule has 7 rings (SSSR count). The summed E-state index contributed by atoms with van der Waals surface area (Å²) in [7, 11) is -1.79. The molecule has 0 spiro atoms. The Morgan fingerprint density at radius 1 is 0.792 bits per heavy atom. The highest BCUT2D eigenvalue weighted by atomic mass is 28.3. The zero-order chi connectivity index (χ0) is 33.1. The van der Waals surface area contributed by atoms with Crippen LogP contribution in [0.1, 0.15) is 34.9 Å². The molecule has 1 aliphatic heterocycles. The number of nitrogens with zero attached hydrogens (tertiary/aromatic N) is 1. The summed E-state index contributed by atoms with van der Waals surface area (Å²) in [5.41, 5.74) is 7.78. The second-order valence-electron chi connectivity index (χ2n) is 12.2. The first-order valence-electron chi connectivity index (χ1n) is 16.1. The van der Waals surface area contributed by atoms with Crippen LogP contribution in [0.4, 0.5) is 0 Å². The molecule has 7 nitrogen and oxygen atoms in total. The van der Waals surface area contributed by atoms with Crippen LogP contribution in [0.15, 0.2) is 161 Å². The van der Waals surface area contributed by atoms with Gasteiger partial charge >= 0.3 is 5.69 Å². The van der Waals surface area contributed by atoms with Gasteiger partial charge in [0.2, 0.25) is 0 Å². The van der Waals surface area contributed by atoms with Crippen LogP contribution < -0.4 is 15.7 Å². The highest BCUT2D eigenvalue weighted by Gasteiger charge is 2.54. The van der Waals surface area contributed by atoms with Crippen LogP contribution >= 0.6 is 0 Å². The van der Waals surface area contributed by atoms with E-state index in [2.05, 4.69) is 70.9 Å². The Bertz CT molecular complexity index is 2010. The zero-order valence-corrected chi connectivity index (χ0v) is 27.5. The fourth-order valence-corrected chi connectivity index (χ4v) is 8.65. The zero-order valence-electron chi connectivity index (χ0n) is 26.5. The number of aromatic amines is 1. The summed E-state index contributed by atoms with van der Waals surface area (Å²) in [5, 5.41) is 11.9. The van der Waals surface area contributed by atoms with Gasteiger partial charge in [-0.15, -0.1) is 0 Å². The Hall–Kier alpha value is -5.15. The second-order valence-corrected chi connectivity index (χ2v) is 13.8. The van der Waals surface area contributed by atoms with Crippen molar-refractivity contribution < 1.29 is 14.3 Å². The molecule has 0 saturated carbocycles. The van der Waals surface area contributed by atoms with Gasteiger partial charge in [0.25, 0.3) is 14.2 Å². The van der Waals surface area contributed by atoms with Gasteiger partial charge in [-0.25, -0.2) is 4.79 Å². The van der Waals surface area contributed by atoms with Gasteiger partial charge in [-0.3, -0.25) is 14.3 Å². The number of H-pyrrole nitrogens is 1. The van der Waals surface area contributed by atoms with E-state index in [4.69, 9.17) is 9.16 Å². The van der Waals surface area contributed by atoms with Gasteiger partial charge in [0.1, 0.15) is 18.4 Å². The van der Waals surface area contributed by atoms with Crippen LogP contribution in [-0.2, 0) is 10.2 Å². The van der Waals surface area contributed by atoms with E-state index < -0.39 is 49.8 Å². The minimum atomic E-state index is -1.79. The molecule has 3 heterocycles. The summed E-state index contributed by atoms with van der Waals surface area (Å²) in [6.45, 7) is 1.64. The topological polar surface area (TPSA) is 93.6 Å². The van der Waals surface area contributed by atoms with Crippen molar-refractivity contribution in [3.05, 3.63) is 194 Å². The van der Waals surface area contributed by atoms with Crippen LogP contribution in [0.3, 0.4) is 0 Å². The van der Waals surface area contributed by atoms with E-state index in [-0.39, 0.29) is 6.42 Å². The number of benzene rings is 4. The van der Waals surface area contributed by atoms with Crippen LogP contribution in [0.2, 0.25) is 0 Å². The number of ether oxygens (including phenoxy) is 1. The number of hydrogen-bond acceptors (Lipinski definition) is 5. The van der Waals surface area contributed by atoms with Crippen molar-refractivity contribution in [1.82, 2.24) is 9.55 Å². The van der Waals surface area contributed by atoms with Crippen LogP contribution in [0.5, 0.6) is 0 Å². The highest BCUT2D eigenvalue weighted by molar-refractivity contribution is 6.44. The van der Waals surface area contributed by atoms with Crippen molar-refractivity contribution in [2.24, 2.45) is 0 Å². The highest BCUT2D eigenvalue weighted by Crippen LogP contribution is 2.47. The van der Waals surface area contributed by atoms with Crippen molar-refractivity contribution >= 4 is 8.64 Å². The van der Waals surface area contributed by atoms with Crippen molar-refractivity contribution in [2.75, 3.05) is 0 Å². The van der Waals surface area contributed by atoms with E-state index in [0.717, 1.165) is 27.8 Å². The van der Waals surface area contributed by atoms with E-state index in [9.17, 15) is 14.7 Å². The number of rotatable bonds is 9. The van der Waals surface area contributed by atoms with Gasteiger partial charge in [0.15, 0.2) is 0 Å². The molecule has 1 aliphatic rings. The lowest BCUT2D eigenvalue weighted by molar-refractivity contribution is -0.0788. The Labute approximate surface area is 280 Å². The Morgan fingerprint density at radius 2 is 1.31 bits per heavy atom. The van der Waals surface area contributed by atoms with Gasteiger partial charge in [0, 0.05) is 18.2 Å². The van der Waals surface area contributed by atoms with E-state index >= 15 is 0 Å². The molecule has 4 aromatic carbocycles. The van der Waals surface area contributed by atoms with E-state index in [0.29, 0.717) is 5.56 Å². The maximum absolute atomic E-state index is 13.0. The third-order valence-corrected chi connectivity index (χ3v) is 10.9. The Balaban J connectivity index is 1.45. The molecule has 8 heteroatoms. The number of hydrogen-bond donors (Lipinski definition) is 2. The molecule has 1 fully saturated rings. The molecule has 48 heavy (non-hydrogen) atoms. The predicted molar refractivity (Wildman–Crippen MR) is 188 cm³/mol.